The van der Waals surface area contributed by atoms with Crippen LogP contribution >= 0.6 is 12.4 Å². The molecule has 5 heteroatoms. The Labute approximate surface area is 139 Å². The minimum atomic E-state index is 0. The molecule has 1 unspecified atom stereocenters. The van der Waals surface area contributed by atoms with Gasteiger partial charge in [-0.1, -0.05) is 17.7 Å². The average Bonchev–Trinajstić information content (AvgIpc) is 2.94. The number of aryl methyl sites for hydroxylation is 2. The molecule has 1 fully saturated rings. The van der Waals surface area contributed by atoms with Gasteiger partial charge in [-0.3, -0.25) is 4.79 Å². The van der Waals surface area contributed by atoms with Gasteiger partial charge in [0.15, 0.2) is 0 Å². The van der Waals surface area contributed by atoms with Crippen LogP contribution in [0.5, 0.6) is 5.75 Å². The third-order valence-corrected chi connectivity index (χ3v) is 3.95. The molecule has 1 aromatic carbocycles. The molecule has 0 saturated carbocycles. The Morgan fingerprint density at radius 1 is 1.41 bits per heavy atom. The van der Waals surface area contributed by atoms with E-state index in [0.717, 1.165) is 43.3 Å². The van der Waals surface area contributed by atoms with Gasteiger partial charge in [0, 0.05) is 6.54 Å². The average molecular weight is 327 g/mol. The number of hydrogen-bond donors (Lipinski definition) is 2. The molecular formula is C17H27ClN2O2. The van der Waals surface area contributed by atoms with E-state index in [0.29, 0.717) is 13.0 Å². The monoisotopic (exact) mass is 326 g/mol. The minimum absolute atomic E-state index is 0. The zero-order valence-electron chi connectivity index (χ0n) is 13.5. The van der Waals surface area contributed by atoms with Gasteiger partial charge in [0.1, 0.15) is 5.75 Å². The summed E-state index contributed by atoms with van der Waals surface area (Å²) in [6.45, 7) is 7.49. The largest absolute Gasteiger partial charge is 0.493 e. The van der Waals surface area contributed by atoms with Gasteiger partial charge in [-0.15, -0.1) is 12.4 Å². The molecular weight excluding hydrogens is 300 g/mol. The molecule has 1 aromatic rings. The molecule has 1 atom stereocenters. The lowest BCUT2D eigenvalue weighted by atomic mass is 10.1. The molecule has 1 saturated heterocycles. The third kappa shape index (κ3) is 6.24. The summed E-state index contributed by atoms with van der Waals surface area (Å²) >= 11 is 0. The van der Waals surface area contributed by atoms with Gasteiger partial charge in [0.05, 0.1) is 13.0 Å². The van der Waals surface area contributed by atoms with Crippen LogP contribution in [0, 0.1) is 19.8 Å². The minimum Gasteiger partial charge on any atom is -0.493 e. The molecule has 0 bridgehead atoms. The quantitative estimate of drug-likeness (QED) is 0.810. The maximum Gasteiger partial charge on any atom is 0.223 e. The number of benzene rings is 1. The fraction of sp³-hybridized carbons (Fsp3) is 0.588. The van der Waals surface area contributed by atoms with Crippen molar-refractivity contribution >= 4 is 18.3 Å². The van der Waals surface area contributed by atoms with Crippen LogP contribution in [0.1, 0.15) is 30.4 Å². The molecule has 2 N–H and O–H groups in total. The van der Waals surface area contributed by atoms with Gasteiger partial charge in [-0.25, -0.2) is 0 Å². The highest BCUT2D eigenvalue weighted by molar-refractivity contribution is 5.85. The second-order valence-electron chi connectivity index (χ2n) is 5.86. The van der Waals surface area contributed by atoms with E-state index in [4.69, 9.17) is 4.74 Å². The van der Waals surface area contributed by atoms with Crippen LogP contribution in [0.25, 0.3) is 0 Å². The van der Waals surface area contributed by atoms with Gasteiger partial charge in [-0.2, -0.15) is 0 Å². The predicted octanol–water partition coefficient (Wildman–Crippen LogP) is 2.61. The Morgan fingerprint density at radius 2 is 2.23 bits per heavy atom. The standard InChI is InChI=1S/C17H26N2O2.ClH/c1-13-3-4-16(14(2)11-13)21-10-7-17(20)19-9-6-15-5-8-18-12-15;/h3-4,11,15,18H,5-10,12H2,1-2H3,(H,19,20);1H. The molecule has 1 heterocycles. The molecule has 1 amide bonds. The van der Waals surface area contributed by atoms with Crippen molar-refractivity contribution in [2.75, 3.05) is 26.2 Å². The van der Waals surface area contributed by atoms with Crippen molar-refractivity contribution in [1.29, 1.82) is 0 Å². The Kier molecular flexibility index (Phi) is 8.28. The predicted molar refractivity (Wildman–Crippen MR) is 91.9 cm³/mol. The Bertz CT molecular complexity index is 474. The van der Waals surface area contributed by atoms with Gasteiger partial charge in [-0.05, 0) is 57.3 Å². The first-order valence-electron chi connectivity index (χ1n) is 7.82. The highest BCUT2D eigenvalue weighted by Gasteiger charge is 2.14. The van der Waals surface area contributed by atoms with Gasteiger partial charge in [0.25, 0.3) is 0 Å². The first-order valence-corrected chi connectivity index (χ1v) is 7.82. The van der Waals surface area contributed by atoms with Crippen molar-refractivity contribution in [1.82, 2.24) is 10.6 Å². The Balaban J connectivity index is 0.00000242. The lowest BCUT2D eigenvalue weighted by Crippen LogP contribution is -2.27. The molecule has 124 valence electrons. The summed E-state index contributed by atoms with van der Waals surface area (Å²) in [6, 6.07) is 6.08. The molecule has 1 aliphatic rings. The smallest absolute Gasteiger partial charge is 0.223 e. The second-order valence-corrected chi connectivity index (χ2v) is 5.86. The summed E-state index contributed by atoms with van der Waals surface area (Å²) < 4.78 is 5.67. The van der Waals surface area contributed by atoms with E-state index >= 15 is 0 Å². The van der Waals surface area contributed by atoms with Gasteiger partial charge in [0.2, 0.25) is 5.91 Å². The number of nitrogens with one attached hydrogen (secondary N) is 2. The summed E-state index contributed by atoms with van der Waals surface area (Å²) in [6.07, 6.45) is 2.71. The van der Waals surface area contributed by atoms with Crippen LogP contribution in [0.4, 0.5) is 0 Å². The van der Waals surface area contributed by atoms with Crippen molar-refractivity contribution in [2.45, 2.75) is 33.1 Å². The van der Waals surface area contributed by atoms with Crippen molar-refractivity contribution in [3.63, 3.8) is 0 Å². The Hall–Kier alpha value is -1.26. The van der Waals surface area contributed by atoms with Gasteiger partial charge < -0.3 is 15.4 Å². The molecule has 4 nitrogen and oxygen atoms in total. The van der Waals surface area contributed by atoms with Crippen LogP contribution in [-0.2, 0) is 4.79 Å². The maximum atomic E-state index is 11.7. The molecule has 22 heavy (non-hydrogen) atoms. The third-order valence-electron chi connectivity index (χ3n) is 3.95. The lowest BCUT2D eigenvalue weighted by molar-refractivity contribution is -0.121. The summed E-state index contributed by atoms with van der Waals surface area (Å²) in [4.78, 5) is 11.7. The number of carbonyl (C=O) groups is 1. The highest BCUT2D eigenvalue weighted by atomic mass is 35.5. The number of carbonyl (C=O) groups excluding carboxylic acids is 1. The van der Waals surface area contributed by atoms with Crippen molar-refractivity contribution in [2.24, 2.45) is 5.92 Å². The molecule has 0 aliphatic carbocycles. The van der Waals surface area contributed by atoms with Crippen molar-refractivity contribution < 1.29 is 9.53 Å². The van der Waals surface area contributed by atoms with Crippen molar-refractivity contribution in [3.05, 3.63) is 29.3 Å². The second kappa shape index (κ2) is 9.70. The number of halogens is 1. The number of ether oxygens (including phenoxy) is 1. The van der Waals surface area contributed by atoms with E-state index in [9.17, 15) is 4.79 Å². The van der Waals surface area contributed by atoms with Crippen LogP contribution in [0.15, 0.2) is 18.2 Å². The zero-order valence-corrected chi connectivity index (χ0v) is 14.3. The first kappa shape index (κ1) is 18.8. The molecule has 2 rings (SSSR count). The maximum absolute atomic E-state index is 11.7. The van der Waals surface area contributed by atoms with Crippen LogP contribution < -0.4 is 15.4 Å². The molecule has 0 spiro atoms. The summed E-state index contributed by atoms with van der Waals surface area (Å²) in [5.74, 6) is 1.66. The molecule has 0 radical (unpaired) electrons. The lowest BCUT2D eigenvalue weighted by Gasteiger charge is -2.11. The topological polar surface area (TPSA) is 50.4 Å². The highest BCUT2D eigenvalue weighted by Crippen LogP contribution is 2.18. The normalized spacial score (nSPS) is 16.9. The fourth-order valence-electron chi connectivity index (χ4n) is 2.68. The number of amides is 1. The van der Waals surface area contributed by atoms with E-state index in [1.165, 1.54) is 12.0 Å². The van der Waals surface area contributed by atoms with Crippen LogP contribution in [0.2, 0.25) is 0 Å². The van der Waals surface area contributed by atoms with E-state index in [1.807, 2.05) is 19.1 Å². The summed E-state index contributed by atoms with van der Waals surface area (Å²) in [5, 5.41) is 6.31. The van der Waals surface area contributed by atoms with E-state index in [1.54, 1.807) is 0 Å². The van der Waals surface area contributed by atoms with Crippen LogP contribution in [-0.4, -0.2) is 32.1 Å². The van der Waals surface area contributed by atoms with E-state index < -0.39 is 0 Å². The first-order chi connectivity index (χ1) is 10.1. The fourth-order valence-corrected chi connectivity index (χ4v) is 2.68. The summed E-state index contributed by atoms with van der Waals surface area (Å²) in [7, 11) is 0. The number of hydrogen-bond acceptors (Lipinski definition) is 3. The van der Waals surface area contributed by atoms with Crippen molar-refractivity contribution in [3.8, 4) is 5.75 Å². The molecule has 1 aliphatic heterocycles. The zero-order chi connectivity index (χ0) is 15.1. The SMILES string of the molecule is Cc1ccc(OCCC(=O)NCCC2CCNC2)c(C)c1.Cl. The van der Waals surface area contributed by atoms with E-state index in [2.05, 4.69) is 23.6 Å². The van der Waals surface area contributed by atoms with E-state index in [-0.39, 0.29) is 18.3 Å². The Morgan fingerprint density at radius 3 is 2.91 bits per heavy atom. The van der Waals surface area contributed by atoms with Gasteiger partial charge >= 0.3 is 0 Å². The molecule has 0 aromatic heterocycles. The number of rotatable bonds is 7. The summed E-state index contributed by atoms with van der Waals surface area (Å²) in [5.41, 5.74) is 2.34. The van der Waals surface area contributed by atoms with Crippen LogP contribution in [0.3, 0.4) is 0 Å².